The summed E-state index contributed by atoms with van der Waals surface area (Å²) in [6.45, 7) is 6.89. The number of unbranched alkanes of at least 4 members (excludes halogenated alkanes) is 2. The molecule has 0 saturated carbocycles. The van der Waals surface area contributed by atoms with Gasteiger partial charge in [0.25, 0.3) is 0 Å². The second-order valence-electron chi connectivity index (χ2n) is 4.09. The number of rotatable bonds is 6. The molecule has 0 unspecified atom stereocenters. The van der Waals surface area contributed by atoms with Crippen molar-refractivity contribution in [2.24, 2.45) is 0 Å². The van der Waals surface area contributed by atoms with E-state index >= 15 is 0 Å². The molecule has 0 N–H and O–H groups in total. The van der Waals surface area contributed by atoms with Crippen LogP contribution < -0.4 is 0 Å². The Hall–Kier alpha value is -0.720. The van der Waals surface area contributed by atoms with Gasteiger partial charge in [-0.2, -0.15) is 0 Å². The Labute approximate surface area is 88.5 Å². The zero-order valence-corrected chi connectivity index (χ0v) is 9.63. The zero-order valence-electron chi connectivity index (χ0n) is 9.63. The van der Waals surface area contributed by atoms with Crippen molar-refractivity contribution in [3.05, 3.63) is 23.9 Å². The lowest BCUT2D eigenvalue weighted by molar-refractivity contribution is 0.386. The van der Waals surface area contributed by atoms with Gasteiger partial charge < -0.3 is 4.90 Å². The van der Waals surface area contributed by atoms with Gasteiger partial charge >= 0.3 is 0 Å². The van der Waals surface area contributed by atoms with E-state index in [0.29, 0.717) is 0 Å². The minimum atomic E-state index is 1.16. The average molecular weight is 193 g/mol. The minimum Gasteiger partial charge on any atom is -0.373 e. The quantitative estimate of drug-likeness (QED) is 0.621. The van der Waals surface area contributed by atoms with Gasteiger partial charge in [-0.15, -0.1) is 0 Å². The monoisotopic (exact) mass is 193 g/mol. The summed E-state index contributed by atoms with van der Waals surface area (Å²) in [4.78, 5) is 2.44. The third kappa shape index (κ3) is 3.99. The van der Waals surface area contributed by atoms with Crippen molar-refractivity contribution in [1.82, 2.24) is 4.90 Å². The largest absolute Gasteiger partial charge is 0.373 e. The highest BCUT2D eigenvalue weighted by molar-refractivity contribution is 5.18. The van der Waals surface area contributed by atoms with Crippen LogP contribution >= 0.6 is 0 Å². The van der Waals surface area contributed by atoms with Crippen molar-refractivity contribution in [2.75, 3.05) is 13.1 Å². The Bertz CT molecular complexity index is 203. The van der Waals surface area contributed by atoms with Crippen LogP contribution in [0.15, 0.2) is 23.9 Å². The molecule has 1 nitrogen and oxygen atoms in total. The Balaban J connectivity index is 2.27. The predicted octanol–water partition coefficient (Wildman–Crippen LogP) is 3.73. The molecule has 0 saturated heterocycles. The molecule has 0 aliphatic carbocycles. The van der Waals surface area contributed by atoms with E-state index in [-0.39, 0.29) is 0 Å². The van der Waals surface area contributed by atoms with Crippen LogP contribution in [0.2, 0.25) is 0 Å². The molecule has 0 atom stereocenters. The molecule has 1 aliphatic heterocycles. The van der Waals surface area contributed by atoms with E-state index in [1.165, 1.54) is 38.6 Å². The highest BCUT2D eigenvalue weighted by Gasteiger charge is 2.05. The van der Waals surface area contributed by atoms with E-state index in [0.717, 1.165) is 6.54 Å². The molecule has 0 bridgehead atoms. The maximum Gasteiger partial charge on any atom is 0.0386 e. The summed E-state index contributed by atoms with van der Waals surface area (Å²) in [5, 5.41) is 0. The van der Waals surface area contributed by atoms with E-state index in [1.54, 1.807) is 5.57 Å². The first-order valence-electron chi connectivity index (χ1n) is 5.97. The predicted molar refractivity (Wildman–Crippen MR) is 63.2 cm³/mol. The molecule has 1 heteroatoms. The molecular formula is C13H23N. The fraction of sp³-hybridized carbons (Fsp3) is 0.692. The first-order valence-corrected chi connectivity index (χ1v) is 5.97. The number of allylic oxidation sites excluding steroid dienone is 2. The van der Waals surface area contributed by atoms with Crippen molar-refractivity contribution in [3.8, 4) is 0 Å². The smallest absolute Gasteiger partial charge is 0.0386 e. The van der Waals surface area contributed by atoms with E-state index in [4.69, 9.17) is 0 Å². The lowest BCUT2D eigenvalue weighted by Gasteiger charge is -2.24. The summed E-state index contributed by atoms with van der Waals surface area (Å²) < 4.78 is 0. The SMILES string of the molecule is CCCCC1=CC=CN(CCCC)C1. The van der Waals surface area contributed by atoms with Crippen LogP contribution in [0.25, 0.3) is 0 Å². The Morgan fingerprint density at radius 3 is 2.71 bits per heavy atom. The highest BCUT2D eigenvalue weighted by atomic mass is 15.1. The van der Waals surface area contributed by atoms with Crippen LogP contribution in [0.3, 0.4) is 0 Å². The van der Waals surface area contributed by atoms with Crippen LogP contribution in [0, 0.1) is 0 Å². The van der Waals surface area contributed by atoms with Crippen LogP contribution in [-0.2, 0) is 0 Å². The summed E-state index contributed by atoms with van der Waals surface area (Å²) in [6.07, 6.45) is 13.2. The molecule has 0 radical (unpaired) electrons. The summed E-state index contributed by atoms with van der Waals surface area (Å²) >= 11 is 0. The summed E-state index contributed by atoms with van der Waals surface area (Å²) in [5.41, 5.74) is 1.60. The normalized spacial score (nSPS) is 15.9. The van der Waals surface area contributed by atoms with Crippen LogP contribution in [0.1, 0.15) is 46.0 Å². The van der Waals surface area contributed by atoms with Crippen LogP contribution in [0.4, 0.5) is 0 Å². The van der Waals surface area contributed by atoms with Crippen LogP contribution in [0.5, 0.6) is 0 Å². The second-order valence-corrected chi connectivity index (χ2v) is 4.09. The second kappa shape index (κ2) is 6.69. The lowest BCUT2D eigenvalue weighted by atomic mass is 10.1. The molecule has 0 spiro atoms. The van der Waals surface area contributed by atoms with Crippen LogP contribution in [-0.4, -0.2) is 18.0 Å². The molecule has 0 aromatic rings. The van der Waals surface area contributed by atoms with Gasteiger partial charge in [-0.1, -0.05) is 38.3 Å². The zero-order chi connectivity index (χ0) is 10.2. The Kier molecular flexibility index (Phi) is 5.43. The van der Waals surface area contributed by atoms with E-state index in [1.807, 2.05) is 0 Å². The highest BCUT2D eigenvalue weighted by Crippen LogP contribution is 2.14. The van der Waals surface area contributed by atoms with E-state index in [2.05, 4.69) is 37.1 Å². The van der Waals surface area contributed by atoms with Crippen molar-refractivity contribution in [2.45, 2.75) is 46.0 Å². The minimum absolute atomic E-state index is 1.16. The van der Waals surface area contributed by atoms with Gasteiger partial charge in [0.15, 0.2) is 0 Å². The van der Waals surface area contributed by atoms with Crippen molar-refractivity contribution in [1.29, 1.82) is 0 Å². The third-order valence-corrected chi connectivity index (χ3v) is 2.69. The van der Waals surface area contributed by atoms with Gasteiger partial charge in [-0.3, -0.25) is 0 Å². The summed E-state index contributed by atoms with van der Waals surface area (Å²) in [7, 11) is 0. The molecule has 80 valence electrons. The molecule has 1 heterocycles. The van der Waals surface area contributed by atoms with Gasteiger partial charge in [0.05, 0.1) is 0 Å². The van der Waals surface area contributed by atoms with E-state index in [9.17, 15) is 0 Å². The van der Waals surface area contributed by atoms with Gasteiger partial charge in [0.2, 0.25) is 0 Å². The average Bonchev–Trinajstić information content (AvgIpc) is 2.24. The first kappa shape index (κ1) is 11.4. The lowest BCUT2D eigenvalue weighted by Crippen LogP contribution is -2.23. The molecule has 1 aliphatic rings. The van der Waals surface area contributed by atoms with E-state index < -0.39 is 0 Å². The molecule has 0 amide bonds. The molecule has 0 fully saturated rings. The van der Waals surface area contributed by atoms with Crippen molar-refractivity contribution >= 4 is 0 Å². The number of hydrogen-bond acceptors (Lipinski definition) is 1. The maximum atomic E-state index is 2.44. The third-order valence-electron chi connectivity index (χ3n) is 2.69. The molecule has 14 heavy (non-hydrogen) atoms. The fourth-order valence-corrected chi connectivity index (χ4v) is 1.75. The maximum absolute atomic E-state index is 2.44. The molecular weight excluding hydrogens is 170 g/mol. The molecule has 1 rings (SSSR count). The van der Waals surface area contributed by atoms with Gasteiger partial charge in [-0.05, 0) is 31.5 Å². The molecule has 0 aromatic heterocycles. The number of hydrogen-bond donors (Lipinski definition) is 0. The first-order chi connectivity index (χ1) is 6.86. The topological polar surface area (TPSA) is 3.24 Å². The molecule has 0 aromatic carbocycles. The Morgan fingerprint density at radius 2 is 2.00 bits per heavy atom. The summed E-state index contributed by atoms with van der Waals surface area (Å²) in [5.74, 6) is 0. The van der Waals surface area contributed by atoms with Crippen molar-refractivity contribution < 1.29 is 0 Å². The summed E-state index contributed by atoms with van der Waals surface area (Å²) in [6, 6.07) is 0. The van der Waals surface area contributed by atoms with Gasteiger partial charge in [0, 0.05) is 13.1 Å². The Morgan fingerprint density at radius 1 is 1.21 bits per heavy atom. The fourth-order valence-electron chi connectivity index (χ4n) is 1.75. The number of nitrogens with zero attached hydrogens (tertiary/aromatic N) is 1. The standard InChI is InChI=1S/C13H23N/c1-3-5-8-13-9-7-11-14(12-13)10-6-4-2/h7,9,11H,3-6,8,10,12H2,1-2H3. The van der Waals surface area contributed by atoms with Gasteiger partial charge in [0.1, 0.15) is 0 Å². The van der Waals surface area contributed by atoms with Crippen molar-refractivity contribution in [3.63, 3.8) is 0 Å². The van der Waals surface area contributed by atoms with Gasteiger partial charge in [-0.25, -0.2) is 0 Å².